The molecule has 2 rings (SSSR count). The highest BCUT2D eigenvalue weighted by atomic mass is 19.4. The van der Waals surface area contributed by atoms with Gasteiger partial charge in [-0.3, -0.25) is 0 Å². The number of hydrogen-bond donors (Lipinski definition) is 1. The van der Waals surface area contributed by atoms with Gasteiger partial charge < -0.3 is 5.11 Å². The Balaban J connectivity index is 2.41. The number of benzene rings is 1. The summed E-state index contributed by atoms with van der Waals surface area (Å²) in [5, 5.41) is 15.8. The third-order valence-electron chi connectivity index (χ3n) is 2.12. The molecule has 2 aromatic rings. The van der Waals surface area contributed by atoms with Crippen molar-refractivity contribution < 1.29 is 23.1 Å². The SMILES string of the molecule is O=C(O)c1cnn(-c2cccc(C(F)(F)F)c2)n1. The number of rotatable bonds is 2. The number of aromatic nitrogens is 3. The van der Waals surface area contributed by atoms with Crippen molar-refractivity contribution in [1.29, 1.82) is 0 Å². The Kier molecular flexibility index (Phi) is 2.77. The lowest BCUT2D eigenvalue weighted by molar-refractivity contribution is -0.137. The molecule has 1 aromatic carbocycles. The van der Waals surface area contributed by atoms with Crippen LogP contribution in [0.2, 0.25) is 0 Å². The molecular weight excluding hydrogens is 251 g/mol. The number of alkyl halides is 3. The first kappa shape index (κ1) is 12.1. The Labute approximate surface area is 98.5 Å². The minimum atomic E-state index is -4.47. The topological polar surface area (TPSA) is 68.0 Å². The van der Waals surface area contributed by atoms with Crippen molar-refractivity contribution in [2.75, 3.05) is 0 Å². The lowest BCUT2D eigenvalue weighted by atomic mass is 10.2. The monoisotopic (exact) mass is 257 g/mol. The normalized spacial score (nSPS) is 11.5. The second-order valence-electron chi connectivity index (χ2n) is 3.37. The summed E-state index contributed by atoms with van der Waals surface area (Å²) in [5.41, 5.74) is -1.15. The van der Waals surface area contributed by atoms with Crippen molar-refractivity contribution >= 4 is 5.97 Å². The Bertz CT molecular complexity index is 592. The van der Waals surface area contributed by atoms with Gasteiger partial charge in [-0.2, -0.15) is 23.1 Å². The molecule has 0 bridgehead atoms. The summed E-state index contributed by atoms with van der Waals surface area (Å²) in [5.74, 6) is -1.30. The minimum Gasteiger partial charge on any atom is -0.476 e. The molecule has 0 aliphatic carbocycles. The van der Waals surface area contributed by atoms with Gasteiger partial charge in [-0.15, -0.1) is 5.10 Å². The van der Waals surface area contributed by atoms with E-state index < -0.39 is 17.7 Å². The maximum atomic E-state index is 12.5. The summed E-state index contributed by atoms with van der Waals surface area (Å²) in [6.07, 6.45) is -3.51. The first-order chi connectivity index (χ1) is 8.38. The van der Waals surface area contributed by atoms with Gasteiger partial charge in [0.1, 0.15) is 0 Å². The number of hydrogen-bond acceptors (Lipinski definition) is 3. The van der Waals surface area contributed by atoms with Crippen molar-refractivity contribution in [1.82, 2.24) is 15.0 Å². The van der Waals surface area contributed by atoms with E-state index in [1.807, 2.05) is 0 Å². The van der Waals surface area contributed by atoms with E-state index in [1.165, 1.54) is 12.1 Å². The maximum absolute atomic E-state index is 12.5. The number of aromatic carboxylic acids is 1. The second-order valence-corrected chi connectivity index (χ2v) is 3.37. The predicted octanol–water partition coefficient (Wildman–Crippen LogP) is 1.98. The average Bonchev–Trinajstić information content (AvgIpc) is 2.77. The van der Waals surface area contributed by atoms with Crippen LogP contribution in [0.5, 0.6) is 0 Å². The van der Waals surface area contributed by atoms with Crippen LogP contribution in [0, 0.1) is 0 Å². The highest BCUT2D eigenvalue weighted by molar-refractivity contribution is 5.84. The molecule has 0 saturated heterocycles. The van der Waals surface area contributed by atoms with Crippen molar-refractivity contribution in [2.45, 2.75) is 6.18 Å². The van der Waals surface area contributed by atoms with Crippen LogP contribution in [-0.2, 0) is 6.18 Å². The highest BCUT2D eigenvalue weighted by Gasteiger charge is 2.30. The fraction of sp³-hybridized carbons (Fsp3) is 0.100. The average molecular weight is 257 g/mol. The number of carbonyl (C=O) groups is 1. The molecule has 0 spiro atoms. The number of halogens is 3. The molecule has 0 aliphatic rings. The van der Waals surface area contributed by atoms with Gasteiger partial charge in [0.05, 0.1) is 17.4 Å². The lowest BCUT2D eigenvalue weighted by Gasteiger charge is -2.07. The van der Waals surface area contributed by atoms with Gasteiger partial charge in [-0.05, 0) is 18.2 Å². The minimum absolute atomic E-state index is 0.0392. The van der Waals surface area contributed by atoms with Gasteiger partial charge in [0.15, 0.2) is 5.69 Å². The molecular formula is C10H6F3N3O2. The Morgan fingerprint density at radius 3 is 2.61 bits per heavy atom. The standard InChI is InChI=1S/C10H6F3N3O2/c11-10(12,13)6-2-1-3-7(4-6)16-14-5-8(15-16)9(17)18/h1-5H,(H,17,18). The summed E-state index contributed by atoms with van der Waals surface area (Å²) in [6.45, 7) is 0. The Morgan fingerprint density at radius 2 is 2.06 bits per heavy atom. The third kappa shape index (κ3) is 2.31. The predicted molar refractivity (Wildman–Crippen MR) is 53.3 cm³/mol. The van der Waals surface area contributed by atoms with Crippen molar-refractivity contribution in [2.24, 2.45) is 0 Å². The van der Waals surface area contributed by atoms with Crippen LogP contribution in [0.25, 0.3) is 5.69 Å². The summed E-state index contributed by atoms with van der Waals surface area (Å²) in [7, 11) is 0. The van der Waals surface area contributed by atoms with Crippen LogP contribution in [0.15, 0.2) is 30.5 Å². The molecule has 94 valence electrons. The zero-order chi connectivity index (χ0) is 13.3. The molecule has 0 saturated carbocycles. The fourth-order valence-corrected chi connectivity index (χ4v) is 1.29. The largest absolute Gasteiger partial charge is 0.476 e. The van der Waals surface area contributed by atoms with E-state index >= 15 is 0 Å². The van der Waals surface area contributed by atoms with E-state index in [9.17, 15) is 18.0 Å². The smallest absolute Gasteiger partial charge is 0.416 e. The quantitative estimate of drug-likeness (QED) is 0.893. The summed E-state index contributed by atoms with van der Waals surface area (Å²) in [6, 6.07) is 4.29. The van der Waals surface area contributed by atoms with E-state index in [-0.39, 0.29) is 11.4 Å². The van der Waals surface area contributed by atoms with E-state index in [4.69, 9.17) is 5.11 Å². The maximum Gasteiger partial charge on any atom is 0.416 e. The van der Waals surface area contributed by atoms with E-state index in [2.05, 4.69) is 10.2 Å². The highest BCUT2D eigenvalue weighted by Crippen LogP contribution is 2.29. The Hall–Kier alpha value is -2.38. The molecule has 8 heteroatoms. The summed E-state index contributed by atoms with van der Waals surface area (Å²) >= 11 is 0. The molecule has 1 heterocycles. The van der Waals surface area contributed by atoms with Gasteiger partial charge in [0.2, 0.25) is 0 Å². The van der Waals surface area contributed by atoms with Crippen LogP contribution in [0.4, 0.5) is 13.2 Å². The van der Waals surface area contributed by atoms with Crippen LogP contribution in [0.1, 0.15) is 16.1 Å². The zero-order valence-corrected chi connectivity index (χ0v) is 8.72. The zero-order valence-electron chi connectivity index (χ0n) is 8.72. The molecule has 18 heavy (non-hydrogen) atoms. The number of nitrogens with zero attached hydrogens (tertiary/aromatic N) is 3. The Morgan fingerprint density at radius 1 is 1.33 bits per heavy atom. The molecule has 0 amide bonds. The van der Waals surface area contributed by atoms with Crippen molar-refractivity contribution in [3.8, 4) is 5.69 Å². The van der Waals surface area contributed by atoms with E-state index in [1.54, 1.807) is 0 Å². The molecule has 5 nitrogen and oxygen atoms in total. The van der Waals surface area contributed by atoms with Gasteiger partial charge in [-0.1, -0.05) is 6.07 Å². The first-order valence-corrected chi connectivity index (χ1v) is 4.71. The molecule has 0 atom stereocenters. The van der Waals surface area contributed by atoms with Crippen LogP contribution in [-0.4, -0.2) is 26.1 Å². The lowest BCUT2D eigenvalue weighted by Crippen LogP contribution is -2.07. The molecule has 0 unspecified atom stereocenters. The van der Waals surface area contributed by atoms with Crippen molar-refractivity contribution in [3.05, 3.63) is 41.7 Å². The van der Waals surface area contributed by atoms with Gasteiger partial charge in [0, 0.05) is 0 Å². The van der Waals surface area contributed by atoms with Gasteiger partial charge in [0.25, 0.3) is 0 Å². The molecule has 0 fully saturated rings. The summed E-state index contributed by atoms with van der Waals surface area (Å²) in [4.78, 5) is 11.4. The molecule has 1 N–H and O–H groups in total. The van der Waals surface area contributed by atoms with Crippen LogP contribution >= 0.6 is 0 Å². The summed E-state index contributed by atoms with van der Waals surface area (Å²) < 4.78 is 37.4. The second kappa shape index (κ2) is 4.13. The number of carboxylic acids is 1. The third-order valence-corrected chi connectivity index (χ3v) is 2.12. The van der Waals surface area contributed by atoms with Crippen LogP contribution < -0.4 is 0 Å². The molecule has 1 aromatic heterocycles. The van der Waals surface area contributed by atoms with Gasteiger partial charge in [-0.25, -0.2) is 4.79 Å². The first-order valence-electron chi connectivity index (χ1n) is 4.71. The van der Waals surface area contributed by atoms with Crippen LogP contribution in [0.3, 0.4) is 0 Å². The fourth-order valence-electron chi connectivity index (χ4n) is 1.29. The van der Waals surface area contributed by atoms with Crippen molar-refractivity contribution in [3.63, 3.8) is 0 Å². The van der Waals surface area contributed by atoms with E-state index in [0.29, 0.717) is 0 Å². The molecule has 0 radical (unpaired) electrons. The van der Waals surface area contributed by atoms with E-state index in [0.717, 1.165) is 23.1 Å². The molecule has 0 aliphatic heterocycles. The number of carboxylic acid groups (broad SMARTS) is 1. The van der Waals surface area contributed by atoms with Gasteiger partial charge >= 0.3 is 12.1 Å².